The Bertz CT molecular complexity index is 963. The maximum atomic E-state index is 12.2. The summed E-state index contributed by atoms with van der Waals surface area (Å²) in [6.45, 7) is 4.10. The van der Waals surface area contributed by atoms with Crippen LogP contribution in [-0.2, 0) is 0 Å². The second-order valence-corrected chi connectivity index (χ2v) is 7.35. The maximum absolute atomic E-state index is 12.2. The Morgan fingerprint density at radius 2 is 1.62 bits per heavy atom. The number of nitrogens with zero attached hydrogens (tertiary/aromatic N) is 3. The van der Waals surface area contributed by atoms with E-state index in [2.05, 4.69) is 25.7 Å². The van der Waals surface area contributed by atoms with Gasteiger partial charge in [0, 0.05) is 30.0 Å². The van der Waals surface area contributed by atoms with Crippen LogP contribution in [0.15, 0.2) is 60.7 Å². The summed E-state index contributed by atoms with van der Waals surface area (Å²) in [7, 11) is 0. The highest BCUT2D eigenvalue weighted by Gasteiger charge is 2.12. The number of hydrogen-bond donors (Lipinski definition) is 2. The molecule has 29 heavy (non-hydrogen) atoms. The highest BCUT2D eigenvalue weighted by molar-refractivity contribution is 5.99. The second-order valence-electron chi connectivity index (χ2n) is 7.35. The minimum absolute atomic E-state index is 0.269. The zero-order valence-corrected chi connectivity index (χ0v) is 16.6. The number of nitrogens with one attached hydrogen (secondary N) is 2. The molecular formula is C23H25N5O. The van der Waals surface area contributed by atoms with Crippen molar-refractivity contribution >= 4 is 23.2 Å². The van der Waals surface area contributed by atoms with Gasteiger partial charge in [0.2, 0.25) is 0 Å². The first-order valence-electron chi connectivity index (χ1n) is 10.0. The first-order valence-corrected chi connectivity index (χ1v) is 10.0. The molecule has 3 aromatic rings. The Morgan fingerprint density at radius 1 is 0.862 bits per heavy atom. The number of aryl methyl sites for hydroxylation is 1. The van der Waals surface area contributed by atoms with Crippen molar-refractivity contribution in [1.82, 2.24) is 10.2 Å². The van der Waals surface area contributed by atoms with Gasteiger partial charge in [-0.15, -0.1) is 10.2 Å². The molecule has 0 atom stereocenters. The lowest BCUT2D eigenvalue weighted by Gasteiger charge is -2.27. The van der Waals surface area contributed by atoms with Crippen molar-refractivity contribution in [3.63, 3.8) is 0 Å². The number of anilines is 3. The Hall–Kier alpha value is -3.41. The van der Waals surface area contributed by atoms with E-state index in [1.165, 1.54) is 19.3 Å². The van der Waals surface area contributed by atoms with Crippen LogP contribution in [0.4, 0.5) is 22.0 Å². The van der Waals surface area contributed by atoms with Crippen LogP contribution in [-0.4, -0.2) is 29.3 Å². The summed E-state index contributed by atoms with van der Waals surface area (Å²) in [4.78, 5) is 14.5. The van der Waals surface area contributed by atoms with Crippen molar-refractivity contribution in [3.8, 4) is 11.3 Å². The van der Waals surface area contributed by atoms with Crippen LogP contribution in [0.1, 0.15) is 24.8 Å². The Morgan fingerprint density at radius 3 is 2.31 bits per heavy atom. The molecular weight excluding hydrogens is 362 g/mol. The lowest BCUT2D eigenvalue weighted by molar-refractivity contribution is 0.262. The summed E-state index contributed by atoms with van der Waals surface area (Å²) in [5.74, 6) is 0.944. The minimum atomic E-state index is -0.269. The van der Waals surface area contributed by atoms with Crippen LogP contribution in [0.3, 0.4) is 0 Å². The molecule has 0 radical (unpaired) electrons. The lowest BCUT2D eigenvalue weighted by atomic mass is 10.1. The molecule has 0 unspecified atom stereocenters. The van der Waals surface area contributed by atoms with Crippen LogP contribution < -0.4 is 15.5 Å². The molecule has 2 aromatic carbocycles. The molecule has 2 amide bonds. The first-order chi connectivity index (χ1) is 14.2. The predicted molar refractivity (Wildman–Crippen MR) is 117 cm³/mol. The summed E-state index contributed by atoms with van der Waals surface area (Å²) >= 11 is 0. The molecule has 0 aliphatic carbocycles. The Balaban J connectivity index is 1.37. The molecule has 0 saturated carbocycles. The molecule has 148 valence electrons. The average molecular weight is 387 g/mol. The quantitative estimate of drug-likeness (QED) is 0.654. The summed E-state index contributed by atoms with van der Waals surface area (Å²) in [6.07, 6.45) is 3.73. The van der Waals surface area contributed by atoms with E-state index in [1.54, 1.807) is 0 Å². The van der Waals surface area contributed by atoms with Crippen LogP contribution in [0.2, 0.25) is 0 Å². The smallest absolute Gasteiger partial charge is 0.323 e. The maximum Gasteiger partial charge on any atom is 0.323 e. The number of hydrogen-bond acceptors (Lipinski definition) is 4. The van der Waals surface area contributed by atoms with Gasteiger partial charge in [0.1, 0.15) is 0 Å². The number of benzene rings is 2. The van der Waals surface area contributed by atoms with E-state index in [4.69, 9.17) is 0 Å². The standard InChI is InChI=1S/C23H25N5O/c1-17-6-5-7-20(16-17)25-23(29)24-19-10-8-18(9-11-19)21-12-13-22(27-26-21)28-14-3-2-4-15-28/h5-13,16H,2-4,14-15H2,1H3,(H2,24,25,29). The molecule has 0 bridgehead atoms. The van der Waals surface area contributed by atoms with E-state index < -0.39 is 0 Å². The van der Waals surface area contributed by atoms with Crippen molar-refractivity contribution in [3.05, 3.63) is 66.2 Å². The molecule has 2 N–H and O–H groups in total. The van der Waals surface area contributed by atoms with Gasteiger partial charge in [-0.3, -0.25) is 0 Å². The fourth-order valence-corrected chi connectivity index (χ4v) is 3.51. The van der Waals surface area contributed by atoms with Gasteiger partial charge in [0.05, 0.1) is 5.69 Å². The molecule has 1 aliphatic rings. The van der Waals surface area contributed by atoms with Crippen molar-refractivity contribution < 1.29 is 4.79 Å². The Labute approximate surface area is 171 Å². The van der Waals surface area contributed by atoms with Gasteiger partial charge in [-0.05, 0) is 68.1 Å². The van der Waals surface area contributed by atoms with Crippen LogP contribution in [0, 0.1) is 6.92 Å². The van der Waals surface area contributed by atoms with Crippen LogP contribution in [0.5, 0.6) is 0 Å². The molecule has 1 aliphatic heterocycles. The van der Waals surface area contributed by atoms with E-state index in [0.717, 1.165) is 47.1 Å². The number of carbonyl (C=O) groups is 1. The lowest BCUT2D eigenvalue weighted by Crippen LogP contribution is -2.30. The van der Waals surface area contributed by atoms with E-state index in [0.29, 0.717) is 0 Å². The molecule has 6 heteroatoms. The van der Waals surface area contributed by atoms with Gasteiger partial charge in [-0.25, -0.2) is 4.79 Å². The third-order valence-corrected chi connectivity index (χ3v) is 5.04. The van der Waals surface area contributed by atoms with E-state index in [9.17, 15) is 4.79 Å². The molecule has 1 aromatic heterocycles. The molecule has 1 fully saturated rings. The van der Waals surface area contributed by atoms with Gasteiger partial charge < -0.3 is 15.5 Å². The minimum Gasteiger partial charge on any atom is -0.355 e. The van der Waals surface area contributed by atoms with Crippen molar-refractivity contribution in [2.45, 2.75) is 26.2 Å². The van der Waals surface area contributed by atoms with Crippen molar-refractivity contribution in [2.75, 3.05) is 28.6 Å². The second kappa shape index (κ2) is 8.73. The molecule has 2 heterocycles. The summed E-state index contributed by atoms with van der Waals surface area (Å²) in [5.41, 5.74) is 4.37. The molecule has 4 rings (SSSR count). The van der Waals surface area contributed by atoms with Gasteiger partial charge in [-0.2, -0.15) is 0 Å². The monoisotopic (exact) mass is 387 g/mol. The normalized spacial score (nSPS) is 13.8. The summed E-state index contributed by atoms with van der Waals surface area (Å²) in [6, 6.07) is 19.1. The average Bonchev–Trinajstić information content (AvgIpc) is 2.75. The summed E-state index contributed by atoms with van der Waals surface area (Å²) < 4.78 is 0. The van der Waals surface area contributed by atoms with Crippen molar-refractivity contribution in [2.24, 2.45) is 0 Å². The van der Waals surface area contributed by atoms with E-state index in [-0.39, 0.29) is 6.03 Å². The topological polar surface area (TPSA) is 70.2 Å². The van der Waals surface area contributed by atoms with E-state index >= 15 is 0 Å². The number of urea groups is 1. The van der Waals surface area contributed by atoms with Gasteiger partial charge in [0.15, 0.2) is 5.82 Å². The largest absolute Gasteiger partial charge is 0.355 e. The summed E-state index contributed by atoms with van der Waals surface area (Å²) in [5, 5.41) is 14.5. The zero-order valence-electron chi connectivity index (χ0n) is 16.6. The number of rotatable bonds is 4. The van der Waals surface area contributed by atoms with Crippen LogP contribution >= 0.6 is 0 Å². The highest BCUT2D eigenvalue weighted by Crippen LogP contribution is 2.22. The fourth-order valence-electron chi connectivity index (χ4n) is 3.51. The number of piperidine rings is 1. The van der Waals surface area contributed by atoms with E-state index in [1.807, 2.05) is 67.6 Å². The third-order valence-electron chi connectivity index (χ3n) is 5.04. The number of amides is 2. The van der Waals surface area contributed by atoms with Crippen LogP contribution in [0.25, 0.3) is 11.3 Å². The van der Waals surface area contributed by atoms with Crippen molar-refractivity contribution in [1.29, 1.82) is 0 Å². The third kappa shape index (κ3) is 4.90. The molecule has 6 nitrogen and oxygen atoms in total. The van der Waals surface area contributed by atoms with Gasteiger partial charge in [-0.1, -0.05) is 24.3 Å². The van der Waals surface area contributed by atoms with Gasteiger partial charge in [0.25, 0.3) is 0 Å². The fraction of sp³-hybridized carbons (Fsp3) is 0.261. The van der Waals surface area contributed by atoms with Gasteiger partial charge >= 0.3 is 6.03 Å². The Kier molecular flexibility index (Phi) is 5.70. The SMILES string of the molecule is Cc1cccc(NC(=O)Nc2ccc(-c3ccc(N4CCCCC4)nn3)cc2)c1. The number of aromatic nitrogens is 2. The first kappa shape index (κ1) is 18.9. The molecule has 1 saturated heterocycles. The number of carbonyl (C=O) groups excluding carboxylic acids is 1. The molecule has 0 spiro atoms. The highest BCUT2D eigenvalue weighted by atomic mass is 16.2. The zero-order chi connectivity index (χ0) is 20.1. The predicted octanol–water partition coefficient (Wildman–Crippen LogP) is 5.09.